The van der Waals surface area contributed by atoms with E-state index < -0.39 is 0 Å². The summed E-state index contributed by atoms with van der Waals surface area (Å²) in [5.74, 6) is 0. The molecule has 0 unspecified atom stereocenters. The van der Waals surface area contributed by atoms with E-state index >= 15 is 0 Å². The van der Waals surface area contributed by atoms with E-state index in [1.807, 2.05) is 31.2 Å². The summed E-state index contributed by atoms with van der Waals surface area (Å²) in [5, 5.41) is 1.63. The number of halogens is 1. The highest BCUT2D eigenvalue weighted by Gasteiger charge is 2.05. The lowest BCUT2D eigenvalue weighted by molar-refractivity contribution is 1.05. The molecule has 88 valence electrons. The van der Waals surface area contributed by atoms with Crippen LogP contribution in [0, 0.1) is 13.8 Å². The summed E-state index contributed by atoms with van der Waals surface area (Å²) in [7, 11) is 0. The van der Waals surface area contributed by atoms with Gasteiger partial charge in [0.25, 0.3) is 0 Å². The minimum atomic E-state index is 0.686. The molecule has 0 aliphatic carbocycles. The van der Waals surface area contributed by atoms with Crippen molar-refractivity contribution in [2.24, 2.45) is 0 Å². The van der Waals surface area contributed by atoms with Crippen LogP contribution in [0.2, 0.25) is 5.02 Å². The van der Waals surface area contributed by atoms with Gasteiger partial charge in [-0.3, -0.25) is 0 Å². The fourth-order valence-corrected chi connectivity index (χ4v) is 2.83. The minimum Gasteiger partial charge on any atom is -0.398 e. The van der Waals surface area contributed by atoms with Crippen LogP contribution in [0.5, 0.6) is 0 Å². The fourth-order valence-electron chi connectivity index (χ4n) is 1.57. The lowest BCUT2D eigenvalue weighted by Crippen LogP contribution is -1.90. The van der Waals surface area contributed by atoms with Crippen LogP contribution in [0.3, 0.4) is 0 Å². The smallest absolute Gasteiger partial charge is 0.101 e. The Labute approximate surface area is 110 Å². The Bertz CT molecular complexity index is 535. The second kappa shape index (κ2) is 4.98. The van der Waals surface area contributed by atoms with E-state index in [2.05, 4.69) is 11.9 Å². The standard InChI is InChI=1S/C13H13ClN2S/c1-8-5-9(2)16-13(6-8)17-12-7-10(14)3-4-11(12)15/h3-7H,15H2,1-2H3. The number of hydrogen-bond donors (Lipinski definition) is 1. The van der Waals surface area contributed by atoms with Gasteiger partial charge in [0.1, 0.15) is 5.03 Å². The average Bonchev–Trinajstić information content (AvgIpc) is 2.22. The number of aryl methyl sites for hydroxylation is 2. The van der Waals surface area contributed by atoms with E-state index in [-0.39, 0.29) is 0 Å². The maximum absolute atomic E-state index is 5.96. The van der Waals surface area contributed by atoms with E-state index in [9.17, 15) is 0 Å². The van der Waals surface area contributed by atoms with Gasteiger partial charge < -0.3 is 5.73 Å². The maximum Gasteiger partial charge on any atom is 0.101 e. The predicted octanol–water partition coefficient (Wildman–Crippen LogP) is 4.09. The van der Waals surface area contributed by atoms with Crippen molar-refractivity contribution in [1.82, 2.24) is 4.98 Å². The summed E-state index contributed by atoms with van der Waals surface area (Å²) >= 11 is 7.49. The summed E-state index contributed by atoms with van der Waals surface area (Å²) in [6.45, 7) is 4.04. The number of nitrogen functional groups attached to an aromatic ring is 1. The SMILES string of the molecule is Cc1cc(C)nc(Sc2cc(Cl)ccc2N)c1. The van der Waals surface area contributed by atoms with Crippen molar-refractivity contribution < 1.29 is 0 Å². The van der Waals surface area contributed by atoms with Crippen molar-refractivity contribution in [3.05, 3.63) is 46.6 Å². The second-order valence-electron chi connectivity index (χ2n) is 3.91. The molecular weight excluding hydrogens is 252 g/mol. The van der Waals surface area contributed by atoms with Gasteiger partial charge in [-0.25, -0.2) is 4.98 Å². The molecule has 0 spiro atoms. The van der Waals surface area contributed by atoms with Crippen molar-refractivity contribution in [3.63, 3.8) is 0 Å². The van der Waals surface area contributed by atoms with Crippen LogP contribution in [0.4, 0.5) is 5.69 Å². The molecule has 0 aliphatic heterocycles. The van der Waals surface area contributed by atoms with Crippen molar-refractivity contribution in [3.8, 4) is 0 Å². The molecule has 1 aromatic carbocycles. The summed E-state index contributed by atoms with van der Waals surface area (Å²) in [6.07, 6.45) is 0. The molecule has 0 aliphatic rings. The Morgan fingerprint density at radius 1 is 1.18 bits per heavy atom. The normalized spacial score (nSPS) is 10.5. The predicted molar refractivity (Wildman–Crippen MR) is 73.7 cm³/mol. The zero-order valence-corrected chi connectivity index (χ0v) is 11.3. The molecule has 2 N–H and O–H groups in total. The fraction of sp³-hybridized carbons (Fsp3) is 0.154. The highest BCUT2D eigenvalue weighted by Crippen LogP contribution is 2.33. The Balaban J connectivity index is 2.34. The van der Waals surface area contributed by atoms with Crippen LogP contribution in [0.15, 0.2) is 40.3 Å². The van der Waals surface area contributed by atoms with Crippen molar-refractivity contribution in [2.45, 2.75) is 23.8 Å². The van der Waals surface area contributed by atoms with Gasteiger partial charge in [0.2, 0.25) is 0 Å². The van der Waals surface area contributed by atoms with Crippen LogP contribution in [-0.4, -0.2) is 4.98 Å². The molecule has 0 atom stereocenters. The number of aromatic nitrogens is 1. The van der Waals surface area contributed by atoms with E-state index in [0.717, 1.165) is 21.3 Å². The first-order chi connectivity index (χ1) is 8.04. The molecule has 0 saturated carbocycles. The van der Waals surface area contributed by atoms with Crippen LogP contribution < -0.4 is 5.73 Å². The molecule has 0 bridgehead atoms. The van der Waals surface area contributed by atoms with Gasteiger partial charge in [-0.15, -0.1) is 0 Å². The van der Waals surface area contributed by atoms with Crippen LogP contribution >= 0.6 is 23.4 Å². The van der Waals surface area contributed by atoms with E-state index in [1.54, 1.807) is 6.07 Å². The maximum atomic E-state index is 5.96. The van der Waals surface area contributed by atoms with Gasteiger partial charge in [0, 0.05) is 21.3 Å². The molecule has 17 heavy (non-hydrogen) atoms. The summed E-state index contributed by atoms with van der Waals surface area (Å²) < 4.78 is 0. The Morgan fingerprint density at radius 3 is 2.65 bits per heavy atom. The monoisotopic (exact) mass is 264 g/mol. The topological polar surface area (TPSA) is 38.9 Å². The van der Waals surface area contributed by atoms with E-state index in [4.69, 9.17) is 17.3 Å². The lowest BCUT2D eigenvalue weighted by atomic mass is 10.3. The highest BCUT2D eigenvalue weighted by molar-refractivity contribution is 7.99. The summed E-state index contributed by atoms with van der Waals surface area (Å²) in [6, 6.07) is 9.55. The number of benzene rings is 1. The van der Waals surface area contributed by atoms with Crippen LogP contribution in [0.25, 0.3) is 0 Å². The zero-order valence-electron chi connectivity index (χ0n) is 9.70. The molecule has 0 amide bonds. The highest BCUT2D eigenvalue weighted by atomic mass is 35.5. The number of nitrogens with two attached hydrogens (primary N) is 1. The largest absolute Gasteiger partial charge is 0.398 e. The van der Waals surface area contributed by atoms with Crippen LogP contribution in [0.1, 0.15) is 11.3 Å². The molecule has 2 aromatic rings. The Kier molecular flexibility index (Phi) is 3.60. The summed E-state index contributed by atoms with van der Waals surface area (Å²) in [4.78, 5) is 5.40. The molecule has 0 fully saturated rings. The van der Waals surface area contributed by atoms with E-state index in [0.29, 0.717) is 5.02 Å². The number of rotatable bonds is 2. The van der Waals surface area contributed by atoms with Gasteiger partial charge in [0.05, 0.1) is 0 Å². The third-order valence-electron chi connectivity index (χ3n) is 2.26. The zero-order chi connectivity index (χ0) is 12.4. The third-order valence-corrected chi connectivity index (χ3v) is 3.49. The number of anilines is 1. The molecule has 1 aromatic heterocycles. The molecule has 2 nitrogen and oxygen atoms in total. The van der Waals surface area contributed by atoms with Gasteiger partial charge in [-0.2, -0.15) is 0 Å². The van der Waals surface area contributed by atoms with Crippen molar-refractivity contribution in [1.29, 1.82) is 0 Å². The molecule has 0 saturated heterocycles. The van der Waals surface area contributed by atoms with Crippen LogP contribution in [-0.2, 0) is 0 Å². The van der Waals surface area contributed by atoms with Gasteiger partial charge in [0.15, 0.2) is 0 Å². The average molecular weight is 265 g/mol. The molecule has 1 heterocycles. The molecular formula is C13H13ClN2S. The van der Waals surface area contributed by atoms with Gasteiger partial charge in [-0.1, -0.05) is 23.4 Å². The molecule has 4 heteroatoms. The lowest BCUT2D eigenvalue weighted by Gasteiger charge is -2.06. The van der Waals surface area contributed by atoms with Gasteiger partial charge in [-0.05, 0) is 49.7 Å². The third kappa shape index (κ3) is 3.14. The number of pyridine rings is 1. The van der Waals surface area contributed by atoms with Crippen molar-refractivity contribution >= 4 is 29.1 Å². The van der Waals surface area contributed by atoms with Crippen molar-refractivity contribution in [2.75, 3.05) is 5.73 Å². The van der Waals surface area contributed by atoms with Gasteiger partial charge >= 0.3 is 0 Å². The second-order valence-corrected chi connectivity index (χ2v) is 5.41. The van der Waals surface area contributed by atoms with E-state index in [1.165, 1.54) is 17.3 Å². The first-order valence-electron chi connectivity index (χ1n) is 5.23. The summed E-state index contributed by atoms with van der Waals surface area (Å²) in [5.41, 5.74) is 8.83. The first-order valence-corrected chi connectivity index (χ1v) is 6.42. The number of hydrogen-bond acceptors (Lipinski definition) is 3. The number of nitrogens with zero attached hydrogens (tertiary/aromatic N) is 1. The first kappa shape index (κ1) is 12.3. The molecule has 0 radical (unpaired) electrons. The Morgan fingerprint density at radius 2 is 1.94 bits per heavy atom. The molecule has 2 rings (SSSR count). The minimum absolute atomic E-state index is 0.686. The quantitative estimate of drug-likeness (QED) is 0.831. The Hall–Kier alpha value is -1.19.